The highest BCUT2D eigenvalue weighted by Gasteiger charge is 2.17. The number of thioether (sulfide) groups is 2. The second-order valence-electron chi connectivity index (χ2n) is 4.67. The van der Waals surface area contributed by atoms with Crippen LogP contribution in [0.15, 0.2) is 63.4 Å². The van der Waals surface area contributed by atoms with Crippen LogP contribution in [0.5, 0.6) is 0 Å². The number of hydrazone groups is 1. The third-order valence-electron chi connectivity index (χ3n) is 3.42. The smallest absolute Gasteiger partial charge is 0.0910 e. The summed E-state index contributed by atoms with van der Waals surface area (Å²) in [6.45, 7) is 0.775. The number of hydrogen-bond donors (Lipinski definition) is 1. The van der Waals surface area contributed by atoms with Crippen molar-refractivity contribution in [2.75, 3.05) is 24.1 Å². The van der Waals surface area contributed by atoms with Crippen LogP contribution >= 0.6 is 23.5 Å². The van der Waals surface area contributed by atoms with Gasteiger partial charge in [0.25, 0.3) is 0 Å². The van der Waals surface area contributed by atoms with E-state index in [1.165, 1.54) is 15.4 Å². The summed E-state index contributed by atoms with van der Waals surface area (Å²) in [4.78, 5) is 2.54. The van der Waals surface area contributed by atoms with Gasteiger partial charge in [-0.15, -0.1) is 23.5 Å². The Bertz CT molecular complexity index is 636. The van der Waals surface area contributed by atoms with E-state index in [-0.39, 0.29) is 0 Å². The second-order valence-corrected chi connectivity index (χ2v) is 6.43. The molecule has 0 radical (unpaired) electrons. The molecule has 1 heterocycles. The summed E-state index contributed by atoms with van der Waals surface area (Å²) >= 11 is 3.50. The summed E-state index contributed by atoms with van der Waals surface area (Å²) in [5.41, 5.74) is 6.46. The average Bonchev–Trinajstić information content (AvgIpc) is 3.05. The van der Waals surface area contributed by atoms with Crippen LogP contribution in [0, 0.1) is 0 Å². The van der Waals surface area contributed by atoms with E-state index in [0.717, 1.165) is 17.9 Å². The first-order chi connectivity index (χ1) is 10.3. The predicted octanol–water partition coefficient (Wildman–Crippen LogP) is 3.86. The van der Waals surface area contributed by atoms with E-state index in [1.54, 1.807) is 23.5 Å². The molecule has 0 spiro atoms. The highest BCUT2D eigenvalue weighted by Crippen LogP contribution is 2.22. The molecule has 3 nitrogen and oxygen atoms in total. The van der Waals surface area contributed by atoms with Crippen LogP contribution in [0.1, 0.15) is 5.56 Å². The van der Waals surface area contributed by atoms with Gasteiger partial charge in [0, 0.05) is 9.79 Å². The lowest BCUT2D eigenvalue weighted by Crippen LogP contribution is -2.30. The number of anilines is 1. The molecule has 108 valence electrons. The molecule has 0 amide bonds. The number of nitrogens with one attached hydrogen (secondary N) is 1. The molecule has 1 aliphatic heterocycles. The topological polar surface area (TPSA) is 27.6 Å². The number of benzene rings is 2. The SMILES string of the molecule is CSc1ccc(C2=NNN(c3ccc(SC)cc3)C2)cc1. The second kappa shape index (κ2) is 6.45. The summed E-state index contributed by atoms with van der Waals surface area (Å²) in [6.07, 6.45) is 4.17. The maximum Gasteiger partial charge on any atom is 0.0910 e. The third-order valence-corrected chi connectivity index (χ3v) is 4.91. The van der Waals surface area contributed by atoms with Gasteiger partial charge < -0.3 is 0 Å². The van der Waals surface area contributed by atoms with E-state index < -0.39 is 0 Å². The molecule has 0 fully saturated rings. The fourth-order valence-corrected chi connectivity index (χ4v) is 3.01. The Morgan fingerprint density at radius 3 is 2.05 bits per heavy atom. The van der Waals surface area contributed by atoms with Gasteiger partial charge in [0.05, 0.1) is 17.9 Å². The largest absolute Gasteiger partial charge is 0.266 e. The molecule has 5 heteroatoms. The van der Waals surface area contributed by atoms with Crippen LogP contribution in [-0.2, 0) is 0 Å². The molecule has 0 unspecified atom stereocenters. The molecular formula is C16H17N3S2. The molecular weight excluding hydrogens is 298 g/mol. The molecule has 1 N–H and O–H groups in total. The number of hydrogen-bond acceptors (Lipinski definition) is 5. The molecule has 3 rings (SSSR count). The van der Waals surface area contributed by atoms with Crippen molar-refractivity contribution in [1.29, 1.82) is 0 Å². The summed E-state index contributed by atoms with van der Waals surface area (Å²) in [7, 11) is 0. The van der Waals surface area contributed by atoms with Gasteiger partial charge in [-0.05, 0) is 54.5 Å². The van der Waals surface area contributed by atoms with Gasteiger partial charge in [0.2, 0.25) is 0 Å². The molecule has 1 aliphatic rings. The van der Waals surface area contributed by atoms with Gasteiger partial charge in [-0.2, -0.15) is 5.10 Å². The van der Waals surface area contributed by atoms with Crippen molar-refractivity contribution in [3.05, 3.63) is 54.1 Å². The molecule has 21 heavy (non-hydrogen) atoms. The van der Waals surface area contributed by atoms with E-state index in [9.17, 15) is 0 Å². The normalized spacial score (nSPS) is 14.0. The van der Waals surface area contributed by atoms with Crippen LogP contribution in [0.4, 0.5) is 5.69 Å². The van der Waals surface area contributed by atoms with Gasteiger partial charge in [0.15, 0.2) is 0 Å². The zero-order chi connectivity index (χ0) is 14.7. The van der Waals surface area contributed by atoms with Gasteiger partial charge in [0.1, 0.15) is 0 Å². The zero-order valence-electron chi connectivity index (χ0n) is 12.0. The molecule has 0 bridgehead atoms. The van der Waals surface area contributed by atoms with Crippen molar-refractivity contribution in [2.24, 2.45) is 5.10 Å². The first-order valence-electron chi connectivity index (χ1n) is 6.68. The first-order valence-corrected chi connectivity index (χ1v) is 9.13. The third kappa shape index (κ3) is 3.19. The van der Waals surface area contributed by atoms with Crippen LogP contribution in [0.25, 0.3) is 0 Å². The fraction of sp³-hybridized carbons (Fsp3) is 0.188. The van der Waals surface area contributed by atoms with Crippen molar-refractivity contribution in [2.45, 2.75) is 9.79 Å². The lowest BCUT2D eigenvalue weighted by atomic mass is 10.1. The Morgan fingerprint density at radius 1 is 0.905 bits per heavy atom. The van der Waals surface area contributed by atoms with Crippen molar-refractivity contribution in [3.8, 4) is 0 Å². The first kappa shape index (κ1) is 14.4. The molecule has 0 saturated heterocycles. The van der Waals surface area contributed by atoms with E-state index >= 15 is 0 Å². The quantitative estimate of drug-likeness (QED) is 0.867. The Morgan fingerprint density at radius 2 is 1.48 bits per heavy atom. The number of rotatable bonds is 4. The molecule has 2 aromatic carbocycles. The Hall–Kier alpha value is -1.59. The molecule has 0 saturated carbocycles. The lowest BCUT2D eigenvalue weighted by Gasteiger charge is -2.17. The summed E-state index contributed by atoms with van der Waals surface area (Å²) in [6, 6.07) is 17.0. The van der Waals surface area contributed by atoms with E-state index in [2.05, 4.69) is 76.7 Å². The van der Waals surface area contributed by atoms with E-state index in [4.69, 9.17) is 0 Å². The molecule has 0 aromatic heterocycles. The van der Waals surface area contributed by atoms with E-state index in [0.29, 0.717) is 0 Å². The molecule has 0 atom stereocenters. The van der Waals surface area contributed by atoms with E-state index in [1.807, 2.05) is 0 Å². The minimum atomic E-state index is 0.775. The van der Waals surface area contributed by atoms with Crippen molar-refractivity contribution in [1.82, 2.24) is 5.53 Å². The van der Waals surface area contributed by atoms with Crippen LogP contribution < -0.4 is 10.5 Å². The van der Waals surface area contributed by atoms with Crippen molar-refractivity contribution < 1.29 is 0 Å². The van der Waals surface area contributed by atoms with Crippen LogP contribution in [-0.4, -0.2) is 24.8 Å². The Balaban J connectivity index is 1.71. The monoisotopic (exact) mass is 315 g/mol. The van der Waals surface area contributed by atoms with Crippen LogP contribution in [0.3, 0.4) is 0 Å². The fourth-order valence-electron chi connectivity index (χ4n) is 2.19. The summed E-state index contributed by atoms with van der Waals surface area (Å²) < 4.78 is 0. The number of nitrogens with zero attached hydrogens (tertiary/aromatic N) is 2. The molecule has 0 aliphatic carbocycles. The minimum Gasteiger partial charge on any atom is -0.266 e. The van der Waals surface area contributed by atoms with Gasteiger partial charge in [-0.3, -0.25) is 5.01 Å². The van der Waals surface area contributed by atoms with Crippen molar-refractivity contribution >= 4 is 34.9 Å². The average molecular weight is 315 g/mol. The van der Waals surface area contributed by atoms with Gasteiger partial charge in [-0.1, -0.05) is 12.1 Å². The predicted molar refractivity (Wildman–Crippen MR) is 93.5 cm³/mol. The summed E-state index contributed by atoms with van der Waals surface area (Å²) in [5, 5.41) is 6.50. The maximum atomic E-state index is 4.44. The summed E-state index contributed by atoms with van der Waals surface area (Å²) in [5.74, 6) is 0. The van der Waals surface area contributed by atoms with Crippen LogP contribution in [0.2, 0.25) is 0 Å². The van der Waals surface area contributed by atoms with Gasteiger partial charge >= 0.3 is 0 Å². The maximum absolute atomic E-state index is 4.44. The lowest BCUT2D eigenvalue weighted by molar-refractivity contribution is 0.749. The van der Waals surface area contributed by atoms with Gasteiger partial charge in [-0.25, -0.2) is 5.53 Å². The highest BCUT2D eigenvalue weighted by atomic mass is 32.2. The molecule has 2 aromatic rings. The van der Waals surface area contributed by atoms with Crippen molar-refractivity contribution in [3.63, 3.8) is 0 Å². The Labute approximate surface area is 133 Å². The standard InChI is InChI=1S/C16H17N3S2/c1-20-14-7-3-12(4-8-14)16-11-19(18-17-16)13-5-9-15(21-2)10-6-13/h3-10,18H,11H2,1-2H3. The Kier molecular flexibility index (Phi) is 4.41. The minimum absolute atomic E-state index is 0.775. The number of hydrazine groups is 1. The zero-order valence-corrected chi connectivity index (χ0v) is 13.7. The highest BCUT2D eigenvalue weighted by molar-refractivity contribution is 7.98.